The number of amides is 1. The first-order valence-corrected chi connectivity index (χ1v) is 12.8. The summed E-state index contributed by atoms with van der Waals surface area (Å²) in [6, 6.07) is 21.2. The Hall–Kier alpha value is -3.61. The standard InChI is InChI=1S/C29H27ClN4O2/c1-2-34-14-12-20(13-15-34)36-21-10-11-23-22(17-21)27(29(35)33-23)26(18-6-5-7-19(30)16-18)28-31-24-8-3-4-9-25(24)32-28/h3-11,16-17,20H,2,12-15H2,1H3,(H,31,32)(H,33,35). The number of benzene rings is 3. The first kappa shape index (κ1) is 22.8. The van der Waals surface area contributed by atoms with E-state index in [0.717, 1.165) is 66.1 Å². The predicted octanol–water partition coefficient (Wildman–Crippen LogP) is 5.99. The second-order valence-electron chi connectivity index (χ2n) is 9.28. The monoisotopic (exact) mass is 498 g/mol. The highest BCUT2D eigenvalue weighted by Gasteiger charge is 2.31. The van der Waals surface area contributed by atoms with Gasteiger partial charge in [-0.05, 0) is 67.4 Å². The number of likely N-dealkylation sites (tertiary alicyclic amines) is 1. The Kier molecular flexibility index (Phi) is 5.99. The van der Waals surface area contributed by atoms with Crippen LogP contribution in [-0.4, -0.2) is 46.5 Å². The zero-order chi connectivity index (χ0) is 24.6. The van der Waals surface area contributed by atoms with E-state index in [4.69, 9.17) is 21.3 Å². The molecule has 2 aliphatic rings. The lowest BCUT2D eigenvalue weighted by Crippen LogP contribution is -2.37. The number of fused-ring (bicyclic) bond motifs is 2. The molecule has 7 heteroatoms. The van der Waals surface area contributed by atoms with Gasteiger partial charge in [-0.2, -0.15) is 0 Å². The van der Waals surface area contributed by atoms with Crippen LogP contribution in [0.15, 0.2) is 66.7 Å². The van der Waals surface area contributed by atoms with E-state index in [0.29, 0.717) is 22.0 Å². The Morgan fingerprint density at radius 1 is 1.08 bits per heavy atom. The SMILES string of the molecule is CCN1CCC(Oc2ccc3c(c2)C(=C(c2cccc(Cl)c2)c2nc4ccccc4[nH]2)C(=O)N3)CC1. The van der Waals surface area contributed by atoms with E-state index in [-0.39, 0.29) is 12.0 Å². The summed E-state index contributed by atoms with van der Waals surface area (Å²) in [5.41, 5.74) is 5.38. The van der Waals surface area contributed by atoms with Crippen molar-refractivity contribution in [2.45, 2.75) is 25.9 Å². The zero-order valence-corrected chi connectivity index (χ0v) is 20.8. The molecule has 3 aromatic carbocycles. The van der Waals surface area contributed by atoms with Crippen molar-refractivity contribution >= 4 is 45.4 Å². The van der Waals surface area contributed by atoms with Crippen molar-refractivity contribution in [2.75, 3.05) is 25.0 Å². The molecule has 0 aliphatic carbocycles. The van der Waals surface area contributed by atoms with E-state index in [1.807, 2.05) is 66.7 Å². The normalized spacial score (nSPS) is 17.8. The van der Waals surface area contributed by atoms with Crippen LogP contribution in [0.2, 0.25) is 5.02 Å². The highest BCUT2D eigenvalue weighted by atomic mass is 35.5. The zero-order valence-electron chi connectivity index (χ0n) is 20.1. The summed E-state index contributed by atoms with van der Waals surface area (Å²) in [4.78, 5) is 24.1. The molecule has 4 aromatic rings. The third-order valence-electron chi connectivity index (χ3n) is 7.01. The van der Waals surface area contributed by atoms with Crippen LogP contribution >= 0.6 is 11.6 Å². The number of halogens is 1. The van der Waals surface area contributed by atoms with Crippen LogP contribution in [0.1, 0.15) is 36.7 Å². The fourth-order valence-electron chi connectivity index (χ4n) is 5.12. The maximum absolute atomic E-state index is 13.4. The molecule has 0 saturated carbocycles. The van der Waals surface area contributed by atoms with Gasteiger partial charge >= 0.3 is 0 Å². The molecule has 0 spiro atoms. The van der Waals surface area contributed by atoms with Crippen LogP contribution in [0.4, 0.5) is 5.69 Å². The molecule has 0 atom stereocenters. The molecule has 1 fully saturated rings. The van der Waals surface area contributed by atoms with Gasteiger partial charge in [0, 0.05) is 34.9 Å². The van der Waals surface area contributed by atoms with Crippen molar-refractivity contribution in [3.63, 3.8) is 0 Å². The number of hydrogen-bond donors (Lipinski definition) is 2. The molecule has 182 valence electrons. The number of nitrogens with zero attached hydrogens (tertiary/aromatic N) is 2. The molecule has 2 aliphatic heterocycles. The Labute approximate surface area is 214 Å². The lowest BCUT2D eigenvalue weighted by molar-refractivity contribution is -0.110. The number of imidazole rings is 1. The van der Waals surface area contributed by atoms with Crippen molar-refractivity contribution in [3.05, 3.63) is 88.7 Å². The number of ether oxygens (including phenoxy) is 1. The summed E-state index contributed by atoms with van der Waals surface area (Å²) in [7, 11) is 0. The van der Waals surface area contributed by atoms with E-state index in [2.05, 4.69) is 22.1 Å². The number of rotatable bonds is 5. The van der Waals surface area contributed by atoms with Crippen LogP contribution in [0.3, 0.4) is 0 Å². The maximum atomic E-state index is 13.4. The summed E-state index contributed by atoms with van der Waals surface area (Å²) in [6.45, 7) is 5.35. The topological polar surface area (TPSA) is 70.2 Å². The van der Waals surface area contributed by atoms with Gasteiger partial charge in [-0.25, -0.2) is 4.98 Å². The number of nitrogens with one attached hydrogen (secondary N) is 2. The van der Waals surface area contributed by atoms with E-state index in [1.165, 1.54) is 0 Å². The minimum atomic E-state index is -0.172. The van der Waals surface area contributed by atoms with E-state index >= 15 is 0 Å². The molecule has 36 heavy (non-hydrogen) atoms. The average molecular weight is 499 g/mol. The van der Waals surface area contributed by atoms with Crippen molar-refractivity contribution in [3.8, 4) is 5.75 Å². The number of para-hydroxylation sites is 2. The molecular formula is C29H27ClN4O2. The summed E-state index contributed by atoms with van der Waals surface area (Å²) in [5, 5.41) is 3.62. The third-order valence-corrected chi connectivity index (χ3v) is 7.24. The van der Waals surface area contributed by atoms with E-state index < -0.39 is 0 Å². The van der Waals surface area contributed by atoms with Crippen LogP contribution in [0.5, 0.6) is 5.75 Å². The van der Waals surface area contributed by atoms with Crippen molar-refractivity contribution < 1.29 is 9.53 Å². The fraction of sp³-hybridized carbons (Fsp3) is 0.241. The second kappa shape index (κ2) is 9.45. The van der Waals surface area contributed by atoms with Crippen molar-refractivity contribution in [2.24, 2.45) is 0 Å². The van der Waals surface area contributed by atoms with Gasteiger partial charge in [0.2, 0.25) is 0 Å². The highest BCUT2D eigenvalue weighted by molar-refractivity contribution is 6.38. The largest absolute Gasteiger partial charge is 0.490 e. The Bertz CT molecular complexity index is 1450. The molecule has 6 nitrogen and oxygen atoms in total. The molecule has 1 saturated heterocycles. The summed E-state index contributed by atoms with van der Waals surface area (Å²) in [5.74, 6) is 1.22. The first-order chi connectivity index (χ1) is 17.6. The Morgan fingerprint density at radius 2 is 1.92 bits per heavy atom. The minimum Gasteiger partial charge on any atom is -0.490 e. The first-order valence-electron chi connectivity index (χ1n) is 12.4. The maximum Gasteiger partial charge on any atom is 0.257 e. The molecule has 6 rings (SSSR count). The van der Waals surface area contributed by atoms with Crippen LogP contribution in [0.25, 0.3) is 22.2 Å². The molecular weight excluding hydrogens is 472 g/mol. The molecule has 0 bridgehead atoms. The number of carbonyl (C=O) groups is 1. The van der Waals surface area contributed by atoms with Gasteiger partial charge in [0.1, 0.15) is 17.7 Å². The van der Waals surface area contributed by atoms with Gasteiger partial charge in [-0.3, -0.25) is 4.79 Å². The van der Waals surface area contributed by atoms with Gasteiger partial charge in [0.15, 0.2) is 0 Å². The lowest BCUT2D eigenvalue weighted by Gasteiger charge is -2.31. The molecule has 2 N–H and O–H groups in total. The summed E-state index contributed by atoms with van der Waals surface area (Å²) in [6.07, 6.45) is 2.17. The van der Waals surface area contributed by atoms with Gasteiger partial charge in [0.25, 0.3) is 5.91 Å². The summed E-state index contributed by atoms with van der Waals surface area (Å²) < 4.78 is 6.38. The second-order valence-corrected chi connectivity index (χ2v) is 9.71. The number of aromatic nitrogens is 2. The molecule has 0 radical (unpaired) electrons. The number of anilines is 1. The number of hydrogen-bond acceptors (Lipinski definition) is 4. The van der Waals surface area contributed by atoms with Gasteiger partial charge in [0.05, 0.1) is 16.6 Å². The Balaban J connectivity index is 1.46. The molecule has 0 unspecified atom stereocenters. The highest BCUT2D eigenvalue weighted by Crippen LogP contribution is 2.41. The Morgan fingerprint density at radius 3 is 2.69 bits per heavy atom. The van der Waals surface area contributed by atoms with Crippen LogP contribution in [-0.2, 0) is 4.79 Å². The van der Waals surface area contributed by atoms with Crippen LogP contribution in [0, 0.1) is 0 Å². The molecule has 1 amide bonds. The number of carbonyl (C=O) groups excluding carboxylic acids is 1. The molecule has 3 heterocycles. The van der Waals surface area contributed by atoms with Gasteiger partial charge in [-0.1, -0.05) is 42.8 Å². The smallest absolute Gasteiger partial charge is 0.257 e. The minimum absolute atomic E-state index is 0.172. The van der Waals surface area contributed by atoms with E-state index in [1.54, 1.807) is 0 Å². The van der Waals surface area contributed by atoms with Gasteiger partial charge < -0.3 is 19.9 Å². The summed E-state index contributed by atoms with van der Waals surface area (Å²) >= 11 is 6.38. The van der Waals surface area contributed by atoms with Crippen molar-refractivity contribution in [1.29, 1.82) is 0 Å². The van der Waals surface area contributed by atoms with E-state index in [9.17, 15) is 4.79 Å². The molecule has 1 aromatic heterocycles. The van der Waals surface area contributed by atoms with Crippen LogP contribution < -0.4 is 10.1 Å². The quantitative estimate of drug-likeness (QED) is 0.331. The fourth-order valence-corrected chi connectivity index (χ4v) is 5.31. The number of piperidine rings is 1. The van der Waals surface area contributed by atoms with Gasteiger partial charge in [-0.15, -0.1) is 0 Å². The third kappa shape index (κ3) is 4.27. The number of H-pyrrole nitrogens is 1. The average Bonchev–Trinajstić information content (AvgIpc) is 3.46. The lowest BCUT2D eigenvalue weighted by atomic mass is 9.94. The predicted molar refractivity (Wildman–Crippen MR) is 144 cm³/mol. The number of aromatic amines is 1. The van der Waals surface area contributed by atoms with Crippen molar-refractivity contribution in [1.82, 2.24) is 14.9 Å².